The summed E-state index contributed by atoms with van der Waals surface area (Å²) >= 11 is 1.68. The molecule has 1 heterocycles. The molecule has 0 spiro atoms. The van der Waals surface area contributed by atoms with E-state index in [1.807, 2.05) is 0 Å². The molecule has 0 aromatic carbocycles. The Labute approximate surface area is 100 Å². The Morgan fingerprint density at radius 1 is 1.50 bits per heavy atom. The number of aromatic nitrogens is 1. The maximum absolute atomic E-state index is 10.8. The molecule has 1 N–H and O–H groups in total. The fourth-order valence-corrected chi connectivity index (χ4v) is 2.41. The molecule has 4 heteroatoms. The zero-order chi connectivity index (χ0) is 12.1. The Morgan fingerprint density at radius 3 is 2.69 bits per heavy atom. The van der Waals surface area contributed by atoms with Gasteiger partial charge in [0.1, 0.15) is 0 Å². The molecular formula is C12H17NO2S. The first-order chi connectivity index (χ1) is 7.50. The fraction of sp³-hybridized carbons (Fsp3) is 0.500. The molecule has 0 bridgehead atoms. The van der Waals surface area contributed by atoms with Crippen LogP contribution in [0.15, 0.2) is 17.2 Å². The van der Waals surface area contributed by atoms with Crippen molar-refractivity contribution >= 4 is 17.7 Å². The summed E-state index contributed by atoms with van der Waals surface area (Å²) in [6, 6.07) is 3.41. The van der Waals surface area contributed by atoms with Crippen LogP contribution in [0.3, 0.4) is 0 Å². The van der Waals surface area contributed by atoms with Gasteiger partial charge < -0.3 is 5.11 Å². The number of thioether (sulfide) groups is 1. The standard InChI is InChI=1S/C12H17NO2S/c1-8(2)6-7-16-11-5-4-10(12(14)15)9(3)13-11/h4-5,8H,6-7H2,1-3H3,(H,14,15). The third kappa shape index (κ3) is 3.85. The monoisotopic (exact) mass is 239 g/mol. The minimum atomic E-state index is -0.913. The lowest BCUT2D eigenvalue weighted by Crippen LogP contribution is -2.02. The van der Waals surface area contributed by atoms with Crippen molar-refractivity contribution in [2.24, 2.45) is 5.92 Å². The Morgan fingerprint density at radius 2 is 2.19 bits per heavy atom. The highest BCUT2D eigenvalue weighted by Crippen LogP contribution is 2.20. The number of carboxylic acid groups (broad SMARTS) is 1. The van der Waals surface area contributed by atoms with Crippen LogP contribution in [0.4, 0.5) is 0 Å². The number of aromatic carboxylic acids is 1. The summed E-state index contributed by atoms with van der Waals surface area (Å²) in [6.45, 7) is 6.11. The van der Waals surface area contributed by atoms with E-state index >= 15 is 0 Å². The minimum absolute atomic E-state index is 0.285. The molecule has 0 saturated heterocycles. The molecule has 0 aliphatic carbocycles. The Hall–Kier alpha value is -1.03. The molecule has 1 rings (SSSR count). The van der Waals surface area contributed by atoms with Crippen molar-refractivity contribution in [2.75, 3.05) is 5.75 Å². The average Bonchev–Trinajstić information content (AvgIpc) is 2.16. The van der Waals surface area contributed by atoms with Gasteiger partial charge in [-0.15, -0.1) is 11.8 Å². The van der Waals surface area contributed by atoms with Crippen LogP contribution in [0.25, 0.3) is 0 Å². The summed E-state index contributed by atoms with van der Waals surface area (Å²) in [6.07, 6.45) is 1.14. The molecule has 16 heavy (non-hydrogen) atoms. The molecule has 0 unspecified atom stereocenters. The number of carboxylic acids is 1. The molecule has 1 aromatic rings. The minimum Gasteiger partial charge on any atom is -0.478 e. The van der Waals surface area contributed by atoms with E-state index < -0.39 is 5.97 Å². The van der Waals surface area contributed by atoms with Gasteiger partial charge >= 0.3 is 5.97 Å². The topological polar surface area (TPSA) is 50.2 Å². The second-order valence-corrected chi connectivity index (χ2v) is 5.23. The summed E-state index contributed by atoms with van der Waals surface area (Å²) in [5, 5.41) is 9.76. The predicted octanol–water partition coefficient (Wildman–Crippen LogP) is 3.23. The van der Waals surface area contributed by atoms with E-state index in [0.29, 0.717) is 11.6 Å². The highest BCUT2D eigenvalue weighted by atomic mass is 32.2. The van der Waals surface area contributed by atoms with Crippen LogP contribution in [0.2, 0.25) is 0 Å². The van der Waals surface area contributed by atoms with Crippen LogP contribution in [0, 0.1) is 12.8 Å². The zero-order valence-corrected chi connectivity index (χ0v) is 10.7. The number of pyridine rings is 1. The maximum atomic E-state index is 10.8. The number of nitrogens with zero attached hydrogens (tertiary/aromatic N) is 1. The lowest BCUT2D eigenvalue weighted by molar-refractivity contribution is 0.0695. The van der Waals surface area contributed by atoms with Crippen LogP contribution >= 0.6 is 11.8 Å². The van der Waals surface area contributed by atoms with Gasteiger partial charge in [-0.1, -0.05) is 13.8 Å². The number of carbonyl (C=O) groups is 1. The zero-order valence-electron chi connectivity index (χ0n) is 9.86. The van der Waals surface area contributed by atoms with Gasteiger partial charge in [0.15, 0.2) is 0 Å². The van der Waals surface area contributed by atoms with E-state index in [9.17, 15) is 4.79 Å². The Bertz CT molecular complexity index is 377. The molecule has 0 atom stereocenters. The van der Waals surface area contributed by atoms with Crippen molar-refractivity contribution in [3.63, 3.8) is 0 Å². The van der Waals surface area contributed by atoms with Gasteiger partial charge in [0.05, 0.1) is 16.3 Å². The van der Waals surface area contributed by atoms with Crippen LogP contribution in [0.1, 0.15) is 36.3 Å². The molecule has 0 aliphatic heterocycles. The summed E-state index contributed by atoms with van der Waals surface area (Å²) in [5.41, 5.74) is 0.871. The third-order valence-corrected chi connectivity index (χ3v) is 3.20. The molecule has 0 aliphatic rings. The lowest BCUT2D eigenvalue weighted by atomic mass is 10.2. The smallest absolute Gasteiger partial charge is 0.337 e. The predicted molar refractivity (Wildman–Crippen MR) is 66.1 cm³/mol. The van der Waals surface area contributed by atoms with Crippen molar-refractivity contribution in [3.05, 3.63) is 23.4 Å². The molecule has 0 radical (unpaired) electrons. The number of rotatable bonds is 5. The first kappa shape index (κ1) is 13.0. The molecular weight excluding hydrogens is 222 g/mol. The van der Waals surface area contributed by atoms with Gasteiger partial charge in [-0.05, 0) is 37.1 Å². The van der Waals surface area contributed by atoms with Gasteiger partial charge in [-0.3, -0.25) is 0 Å². The number of aryl methyl sites for hydroxylation is 1. The van der Waals surface area contributed by atoms with Crippen LogP contribution in [-0.4, -0.2) is 21.8 Å². The Balaban J connectivity index is 2.63. The quantitative estimate of drug-likeness (QED) is 0.801. The maximum Gasteiger partial charge on any atom is 0.337 e. The molecule has 3 nitrogen and oxygen atoms in total. The average molecular weight is 239 g/mol. The van der Waals surface area contributed by atoms with Crippen LogP contribution in [0.5, 0.6) is 0 Å². The lowest BCUT2D eigenvalue weighted by Gasteiger charge is -2.05. The molecule has 0 fully saturated rings. The van der Waals surface area contributed by atoms with E-state index in [0.717, 1.165) is 17.2 Å². The third-order valence-electron chi connectivity index (χ3n) is 2.24. The summed E-state index contributed by atoms with van der Waals surface area (Å²) < 4.78 is 0. The van der Waals surface area contributed by atoms with Crippen molar-refractivity contribution in [2.45, 2.75) is 32.2 Å². The first-order valence-corrected chi connectivity index (χ1v) is 6.33. The summed E-state index contributed by atoms with van der Waals surface area (Å²) in [7, 11) is 0. The summed E-state index contributed by atoms with van der Waals surface area (Å²) in [5.74, 6) is 0.798. The SMILES string of the molecule is Cc1nc(SCCC(C)C)ccc1C(=O)O. The fourth-order valence-electron chi connectivity index (χ4n) is 1.24. The van der Waals surface area contributed by atoms with E-state index in [-0.39, 0.29) is 5.56 Å². The highest BCUT2D eigenvalue weighted by molar-refractivity contribution is 7.99. The van der Waals surface area contributed by atoms with E-state index in [4.69, 9.17) is 5.11 Å². The van der Waals surface area contributed by atoms with E-state index in [1.165, 1.54) is 0 Å². The summed E-state index contributed by atoms with van der Waals surface area (Å²) in [4.78, 5) is 15.1. The van der Waals surface area contributed by atoms with Gasteiger partial charge in [0.2, 0.25) is 0 Å². The van der Waals surface area contributed by atoms with Crippen molar-refractivity contribution < 1.29 is 9.90 Å². The van der Waals surface area contributed by atoms with Gasteiger partial charge in [-0.25, -0.2) is 9.78 Å². The van der Waals surface area contributed by atoms with Crippen molar-refractivity contribution in [3.8, 4) is 0 Å². The van der Waals surface area contributed by atoms with Gasteiger partial charge in [0, 0.05) is 0 Å². The molecule has 0 saturated carbocycles. The number of hydrogen-bond acceptors (Lipinski definition) is 3. The van der Waals surface area contributed by atoms with Crippen molar-refractivity contribution in [1.82, 2.24) is 4.98 Å². The van der Waals surface area contributed by atoms with Gasteiger partial charge in [-0.2, -0.15) is 0 Å². The van der Waals surface area contributed by atoms with E-state index in [2.05, 4.69) is 18.8 Å². The molecule has 1 aromatic heterocycles. The van der Waals surface area contributed by atoms with Gasteiger partial charge in [0.25, 0.3) is 0 Å². The number of hydrogen-bond donors (Lipinski definition) is 1. The molecule has 88 valence electrons. The van der Waals surface area contributed by atoms with Crippen LogP contribution in [-0.2, 0) is 0 Å². The van der Waals surface area contributed by atoms with Crippen molar-refractivity contribution in [1.29, 1.82) is 0 Å². The second-order valence-electron chi connectivity index (χ2n) is 4.12. The normalized spacial score (nSPS) is 10.8. The van der Waals surface area contributed by atoms with E-state index in [1.54, 1.807) is 30.8 Å². The molecule has 0 amide bonds. The Kier molecular flexibility index (Phi) is 4.80. The second kappa shape index (κ2) is 5.89. The van der Waals surface area contributed by atoms with Crippen LogP contribution < -0.4 is 0 Å². The largest absolute Gasteiger partial charge is 0.478 e. The highest BCUT2D eigenvalue weighted by Gasteiger charge is 2.08. The first-order valence-electron chi connectivity index (χ1n) is 5.34.